The van der Waals surface area contributed by atoms with E-state index in [2.05, 4.69) is 32.9 Å². The van der Waals surface area contributed by atoms with Gasteiger partial charge in [-0.1, -0.05) is 28.0 Å². The lowest BCUT2D eigenvalue weighted by Crippen LogP contribution is -2.31. The molecule has 5 heteroatoms. The average molecular weight is 312 g/mol. The smallest absolute Gasteiger partial charge is 0.172 e. The van der Waals surface area contributed by atoms with Crippen LogP contribution in [-0.4, -0.2) is 23.6 Å². The molecule has 0 aliphatic carbocycles. The molecule has 2 rings (SSSR count). The Morgan fingerprint density at radius 1 is 1.61 bits per heavy atom. The second-order valence-electron chi connectivity index (χ2n) is 4.54. The summed E-state index contributed by atoms with van der Waals surface area (Å²) in [6.07, 6.45) is 3.52. The monoisotopic (exact) mass is 311 g/mol. The zero-order valence-corrected chi connectivity index (χ0v) is 12.0. The van der Waals surface area contributed by atoms with Crippen LogP contribution in [0.25, 0.3) is 0 Å². The van der Waals surface area contributed by atoms with Gasteiger partial charge in [-0.3, -0.25) is 0 Å². The molecule has 0 radical (unpaired) electrons. The largest absolute Gasteiger partial charge is 0.409 e. The van der Waals surface area contributed by atoms with Gasteiger partial charge in [-0.25, -0.2) is 0 Å². The van der Waals surface area contributed by atoms with Gasteiger partial charge in [0, 0.05) is 28.3 Å². The SMILES string of the molecule is CCC1CCCN1c1cc(Br)ccc1/C(N)=N/O. The molecule has 0 saturated carbocycles. The number of oxime groups is 1. The number of hydrogen-bond acceptors (Lipinski definition) is 3. The Hall–Kier alpha value is -1.23. The molecule has 1 aliphatic heterocycles. The number of benzene rings is 1. The van der Waals surface area contributed by atoms with Crippen molar-refractivity contribution in [3.05, 3.63) is 28.2 Å². The van der Waals surface area contributed by atoms with E-state index in [0.717, 1.165) is 28.7 Å². The molecule has 1 unspecified atom stereocenters. The van der Waals surface area contributed by atoms with Gasteiger partial charge in [0.1, 0.15) is 0 Å². The van der Waals surface area contributed by atoms with Crippen molar-refractivity contribution in [1.29, 1.82) is 0 Å². The van der Waals surface area contributed by atoms with E-state index in [-0.39, 0.29) is 5.84 Å². The molecule has 98 valence electrons. The summed E-state index contributed by atoms with van der Waals surface area (Å²) in [6.45, 7) is 3.23. The molecule has 1 fully saturated rings. The Balaban J connectivity index is 2.44. The minimum Gasteiger partial charge on any atom is -0.409 e. The highest BCUT2D eigenvalue weighted by atomic mass is 79.9. The van der Waals surface area contributed by atoms with Crippen molar-refractivity contribution in [2.45, 2.75) is 32.2 Å². The maximum atomic E-state index is 8.88. The molecule has 1 aromatic carbocycles. The zero-order chi connectivity index (χ0) is 13.1. The number of halogens is 1. The number of amidine groups is 1. The lowest BCUT2D eigenvalue weighted by molar-refractivity contribution is 0.318. The normalized spacial score (nSPS) is 20.4. The highest BCUT2D eigenvalue weighted by molar-refractivity contribution is 9.10. The van der Waals surface area contributed by atoms with Crippen LogP contribution in [0.15, 0.2) is 27.8 Å². The fourth-order valence-electron chi connectivity index (χ4n) is 2.59. The van der Waals surface area contributed by atoms with E-state index in [9.17, 15) is 0 Å². The Kier molecular flexibility index (Phi) is 4.11. The minimum atomic E-state index is 0.166. The molecule has 1 heterocycles. The molecule has 1 saturated heterocycles. The summed E-state index contributed by atoms with van der Waals surface area (Å²) in [5.41, 5.74) is 7.60. The van der Waals surface area contributed by atoms with Gasteiger partial charge in [0.05, 0.1) is 0 Å². The summed E-state index contributed by atoms with van der Waals surface area (Å²) in [4.78, 5) is 2.36. The fourth-order valence-corrected chi connectivity index (χ4v) is 2.94. The number of nitrogens with two attached hydrogens (primary N) is 1. The van der Waals surface area contributed by atoms with Crippen LogP contribution >= 0.6 is 15.9 Å². The third kappa shape index (κ3) is 2.46. The molecule has 0 aromatic heterocycles. The minimum absolute atomic E-state index is 0.166. The van der Waals surface area contributed by atoms with Crippen LogP contribution in [0.2, 0.25) is 0 Å². The van der Waals surface area contributed by atoms with E-state index in [1.807, 2.05) is 18.2 Å². The van der Waals surface area contributed by atoms with Crippen molar-refractivity contribution in [3.8, 4) is 0 Å². The van der Waals surface area contributed by atoms with Gasteiger partial charge in [0.2, 0.25) is 0 Å². The van der Waals surface area contributed by atoms with E-state index < -0.39 is 0 Å². The maximum absolute atomic E-state index is 8.88. The molecular formula is C13H18BrN3O. The molecule has 1 aromatic rings. The van der Waals surface area contributed by atoms with Gasteiger partial charge in [-0.05, 0) is 37.5 Å². The zero-order valence-electron chi connectivity index (χ0n) is 10.4. The quantitative estimate of drug-likeness (QED) is 0.390. The van der Waals surface area contributed by atoms with E-state index in [1.165, 1.54) is 12.8 Å². The second-order valence-corrected chi connectivity index (χ2v) is 5.46. The lowest BCUT2D eigenvalue weighted by Gasteiger charge is -2.28. The van der Waals surface area contributed by atoms with Crippen molar-refractivity contribution in [2.24, 2.45) is 10.9 Å². The highest BCUT2D eigenvalue weighted by Crippen LogP contribution is 2.32. The standard InChI is InChI=1S/C13H18BrN3O/c1-2-10-4-3-7-17(10)12-8-9(14)5-6-11(12)13(15)16-18/h5-6,8,10,18H,2-4,7H2,1H3,(H2,15,16). The van der Waals surface area contributed by atoms with Gasteiger partial charge in [0.25, 0.3) is 0 Å². The summed E-state index contributed by atoms with van der Waals surface area (Å²) in [5.74, 6) is 0.166. The van der Waals surface area contributed by atoms with E-state index in [1.54, 1.807) is 0 Å². The number of rotatable bonds is 3. The molecule has 0 amide bonds. The first kappa shape index (κ1) is 13.2. The van der Waals surface area contributed by atoms with Crippen LogP contribution in [0, 0.1) is 0 Å². The van der Waals surface area contributed by atoms with Crippen LogP contribution < -0.4 is 10.6 Å². The molecule has 18 heavy (non-hydrogen) atoms. The Morgan fingerprint density at radius 3 is 3.06 bits per heavy atom. The predicted octanol–water partition coefficient (Wildman–Crippen LogP) is 2.92. The lowest BCUT2D eigenvalue weighted by atomic mass is 10.1. The van der Waals surface area contributed by atoms with Gasteiger partial charge in [-0.15, -0.1) is 0 Å². The van der Waals surface area contributed by atoms with E-state index >= 15 is 0 Å². The van der Waals surface area contributed by atoms with Crippen LogP contribution in [0.1, 0.15) is 31.7 Å². The first-order chi connectivity index (χ1) is 8.67. The van der Waals surface area contributed by atoms with Crippen LogP contribution in [0.5, 0.6) is 0 Å². The summed E-state index contributed by atoms with van der Waals surface area (Å²) >= 11 is 3.49. The van der Waals surface area contributed by atoms with E-state index in [4.69, 9.17) is 10.9 Å². The van der Waals surface area contributed by atoms with Crippen molar-refractivity contribution in [3.63, 3.8) is 0 Å². The maximum Gasteiger partial charge on any atom is 0.172 e. The van der Waals surface area contributed by atoms with Crippen LogP contribution in [0.4, 0.5) is 5.69 Å². The van der Waals surface area contributed by atoms with Crippen molar-refractivity contribution in [2.75, 3.05) is 11.4 Å². The topological polar surface area (TPSA) is 61.8 Å². The first-order valence-corrected chi connectivity index (χ1v) is 7.00. The van der Waals surface area contributed by atoms with Crippen molar-refractivity contribution < 1.29 is 5.21 Å². The summed E-state index contributed by atoms with van der Waals surface area (Å²) in [5, 5.41) is 12.0. The van der Waals surface area contributed by atoms with Crippen molar-refractivity contribution >= 4 is 27.5 Å². The van der Waals surface area contributed by atoms with Gasteiger partial charge < -0.3 is 15.8 Å². The molecule has 3 N–H and O–H groups in total. The first-order valence-electron chi connectivity index (χ1n) is 6.21. The Morgan fingerprint density at radius 2 is 2.39 bits per heavy atom. The predicted molar refractivity (Wildman–Crippen MR) is 77.3 cm³/mol. The molecule has 0 bridgehead atoms. The van der Waals surface area contributed by atoms with Gasteiger partial charge in [0.15, 0.2) is 5.84 Å². The summed E-state index contributed by atoms with van der Waals surface area (Å²) < 4.78 is 1.01. The number of nitrogens with zero attached hydrogens (tertiary/aromatic N) is 2. The Bertz CT molecular complexity index is 462. The summed E-state index contributed by atoms with van der Waals surface area (Å²) in [6, 6.07) is 6.39. The second kappa shape index (κ2) is 5.61. The van der Waals surface area contributed by atoms with Crippen molar-refractivity contribution in [1.82, 2.24) is 0 Å². The third-order valence-corrected chi connectivity index (χ3v) is 3.99. The molecule has 4 nitrogen and oxygen atoms in total. The fraction of sp³-hybridized carbons (Fsp3) is 0.462. The summed E-state index contributed by atoms with van der Waals surface area (Å²) in [7, 11) is 0. The third-order valence-electron chi connectivity index (χ3n) is 3.50. The van der Waals surface area contributed by atoms with Gasteiger partial charge in [-0.2, -0.15) is 0 Å². The van der Waals surface area contributed by atoms with Crippen LogP contribution in [0.3, 0.4) is 0 Å². The number of anilines is 1. The average Bonchev–Trinajstić information content (AvgIpc) is 2.85. The van der Waals surface area contributed by atoms with Gasteiger partial charge >= 0.3 is 0 Å². The molecular weight excluding hydrogens is 294 g/mol. The molecule has 0 spiro atoms. The molecule has 1 aliphatic rings. The number of hydrogen-bond donors (Lipinski definition) is 2. The Labute approximate surface area is 116 Å². The molecule has 1 atom stereocenters. The highest BCUT2D eigenvalue weighted by Gasteiger charge is 2.25. The van der Waals surface area contributed by atoms with Crippen LogP contribution in [-0.2, 0) is 0 Å². The van der Waals surface area contributed by atoms with E-state index in [0.29, 0.717) is 6.04 Å².